The Bertz CT molecular complexity index is 322. The fourth-order valence-electron chi connectivity index (χ4n) is 2.28. The van der Waals surface area contributed by atoms with Crippen LogP contribution in [0.1, 0.15) is 37.9 Å². The number of benzene rings is 1. The molecule has 2 rings (SSSR count). The summed E-state index contributed by atoms with van der Waals surface area (Å²) in [6, 6.07) is 9.31. The summed E-state index contributed by atoms with van der Waals surface area (Å²) in [5.74, 6) is 0. The molecule has 1 aromatic rings. The minimum Gasteiger partial charge on any atom is -0.309 e. The van der Waals surface area contributed by atoms with Crippen LogP contribution >= 0.6 is 0 Å². The Labute approximate surface area is 86.5 Å². The first-order chi connectivity index (χ1) is 6.59. The smallest absolute Gasteiger partial charge is 0.0372 e. The fourth-order valence-corrected chi connectivity index (χ4v) is 2.28. The van der Waals surface area contributed by atoms with Gasteiger partial charge in [0.15, 0.2) is 0 Å². The Morgan fingerprint density at radius 3 is 2.64 bits per heavy atom. The predicted molar refractivity (Wildman–Crippen MR) is 60.3 cm³/mol. The van der Waals surface area contributed by atoms with E-state index in [1.807, 2.05) is 0 Å². The number of hydrogen-bond donors (Lipinski definition) is 1. The van der Waals surface area contributed by atoms with Gasteiger partial charge in [0.05, 0.1) is 0 Å². The van der Waals surface area contributed by atoms with Crippen LogP contribution in [-0.4, -0.2) is 6.54 Å². The van der Waals surface area contributed by atoms with E-state index < -0.39 is 0 Å². The molecular weight excluding hydrogens is 170 g/mol. The van der Waals surface area contributed by atoms with E-state index in [0.717, 1.165) is 6.54 Å². The van der Waals surface area contributed by atoms with Crippen molar-refractivity contribution in [1.82, 2.24) is 5.32 Å². The average Bonchev–Trinajstić information content (AvgIpc) is 2.15. The van der Waals surface area contributed by atoms with Gasteiger partial charge in [0.1, 0.15) is 0 Å². The molecular formula is C13H19N. The van der Waals surface area contributed by atoms with Crippen LogP contribution in [0.5, 0.6) is 0 Å². The second-order valence-electron chi connectivity index (χ2n) is 5.20. The molecule has 0 radical (unpaired) electrons. The van der Waals surface area contributed by atoms with Gasteiger partial charge in [0.2, 0.25) is 0 Å². The summed E-state index contributed by atoms with van der Waals surface area (Å²) in [5, 5.41) is 3.62. The molecule has 1 N–H and O–H groups in total. The van der Waals surface area contributed by atoms with E-state index in [9.17, 15) is 0 Å². The summed E-state index contributed by atoms with van der Waals surface area (Å²) in [6.07, 6.45) is 1.17. The average molecular weight is 189 g/mol. The molecule has 0 spiro atoms. The lowest BCUT2D eigenvalue weighted by Crippen LogP contribution is -2.37. The zero-order chi connectivity index (χ0) is 10.2. The standard InChI is InChI=1S/C13H19N/c1-13(2,3)12-11-7-5-4-6-10(11)8-9-14-12/h4-7,12,14H,8-9H2,1-3H3. The van der Waals surface area contributed by atoms with E-state index in [-0.39, 0.29) is 0 Å². The van der Waals surface area contributed by atoms with Gasteiger partial charge in [0, 0.05) is 6.04 Å². The topological polar surface area (TPSA) is 12.0 Å². The van der Waals surface area contributed by atoms with Gasteiger partial charge in [-0.1, -0.05) is 45.0 Å². The summed E-state index contributed by atoms with van der Waals surface area (Å²) < 4.78 is 0. The van der Waals surface area contributed by atoms with Crippen LogP contribution in [0.2, 0.25) is 0 Å². The summed E-state index contributed by atoms with van der Waals surface area (Å²) in [7, 11) is 0. The molecule has 0 saturated heterocycles. The Morgan fingerprint density at radius 1 is 1.21 bits per heavy atom. The molecule has 1 atom stereocenters. The van der Waals surface area contributed by atoms with Crippen molar-refractivity contribution < 1.29 is 0 Å². The predicted octanol–water partition coefficient (Wildman–Crippen LogP) is 2.92. The van der Waals surface area contributed by atoms with Crippen LogP contribution < -0.4 is 5.32 Å². The maximum Gasteiger partial charge on any atom is 0.0372 e. The van der Waals surface area contributed by atoms with E-state index in [1.165, 1.54) is 17.5 Å². The molecule has 0 fully saturated rings. The highest BCUT2D eigenvalue weighted by Crippen LogP contribution is 2.36. The molecule has 0 aliphatic carbocycles. The van der Waals surface area contributed by atoms with E-state index >= 15 is 0 Å². The monoisotopic (exact) mass is 189 g/mol. The van der Waals surface area contributed by atoms with E-state index in [0.29, 0.717) is 11.5 Å². The van der Waals surface area contributed by atoms with Gasteiger partial charge >= 0.3 is 0 Å². The van der Waals surface area contributed by atoms with Gasteiger partial charge in [-0.25, -0.2) is 0 Å². The summed E-state index contributed by atoms with van der Waals surface area (Å²) >= 11 is 0. The van der Waals surface area contributed by atoms with Gasteiger partial charge in [-0.05, 0) is 29.5 Å². The zero-order valence-electron chi connectivity index (χ0n) is 9.30. The number of nitrogens with one attached hydrogen (secondary N) is 1. The second-order valence-corrected chi connectivity index (χ2v) is 5.20. The van der Waals surface area contributed by atoms with Crippen LogP contribution in [0, 0.1) is 5.41 Å². The van der Waals surface area contributed by atoms with Gasteiger partial charge in [0.25, 0.3) is 0 Å². The fraction of sp³-hybridized carbons (Fsp3) is 0.538. The maximum absolute atomic E-state index is 3.62. The van der Waals surface area contributed by atoms with Crippen LogP contribution in [0.4, 0.5) is 0 Å². The Morgan fingerprint density at radius 2 is 1.93 bits per heavy atom. The lowest BCUT2D eigenvalue weighted by molar-refractivity contribution is 0.263. The molecule has 76 valence electrons. The summed E-state index contributed by atoms with van der Waals surface area (Å²) in [5.41, 5.74) is 3.31. The molecule has 1 aliphatic heterocycles. The third-order valence-corrected chi connectivity index (χ3v) is 2.97. The highest BCUT2D eigenvalue weighted by molar-refractivity contribution is 5.33. The van der Waals surface area contributed by atoms with E-state index in [4.69, 9.17) is 0 Å². The minimum absolute atomic E-state index is 0.302. The van der Waals surface area contributed by atoms with Gasteiger partial charge in [-0.2, -0.15) is 0 Å². The van der Waals surface area contributed by atoms with Crippen LogP contribution in [0.15, 0.2) is 24.3 Å². The first kappa shape index (κ1) is 9.72. The molecule has 0 bridgehead atoms. The molecule has 1 aliphatic rings. The van der Waals surface area contributed by atoms with Crippen molar-refractivity contribution in [2.24, 2.45) is 5.41 Å². The number of hydrogen-bond acceptors (Lipinski definition) is 1. The molecule has 1 unspecified atom stereocenters. The lowest BCUT2D eigenvalue weighted by atomic mass is 9.78. The Hall–Kier alpha value is -0.820. The van der Waals surface area contributed by atoms with Gasteiger partial charge in [-0.3, -0.25) is 0 Å². The van der Waals surface area contributed by atoms with Gasteiger partial charge in [-0.15, -0.1) is 0 Å². The molecule has 0 saturated carbocycles. The Kier molecular flexibility index (Phi) is 2.36. The highest BCUT2D eigenvalue weighted by atomic mass is 14.9. The van der Waals surface area contributed by atoms with Crippen molar-refractivity contribution >= 4 is 0 Å². The largest absolute Gasteiger partial charge is 0.309 e. The normalized spacial score (nSPS) is 21.8. The molecule has 1 heterocycles. The lowest BCUT2D eigenvalue weighted by Gasteiger charge is -2.36. The molecule has 0 aromatic heterocycles. The van der Waals surface area contributed by atoms with Crippen molar-refractivity contribution in [2.45, 2.75) is 33.2 Å². The summed E-state index contributed by atoms with van der Waals surface area (Å²) in [4.78, 5) is 0. The van der Waals surface area contributed by atoms with Crippen molar-refractivity contribution in [3.63, 3.8) is 0 Å². The third-order valence-electron chi connectivity index (χ3n) is 2.97. The first-order valence-electron chi connectivity index (χ1n) is 5.40. The third kappa shape index (κ3) is 1.69. The number of rotatable bonds is 0. The van der Waals surface area contributed by atoms with Crippen LogP contribution in [0.25, 0.3) is 0 Å². The minimum atomic E-state index is 0.302. The van der Waals surface area contributed by atoms with Crippen LogP contribution in [-0.2, 0) is 6.42 Å². The molecule has 0 amide bonds. The maximum atomic E-state index is 3.62. The summed E-state index contributed by atoms with van der Waals surface area (Å²) in [6.45, 7) is 8.01. The quantitative estimate of drug-likeness (QED) is 0.661. The second kappa shape index (κ2) is 3.39. The molecule has 1 aromatic carbocycles. The molecule has 1 heteroatoms. The first-order valence-corrected chi connectivity index (χ1v) is 5.40. The molecule has 14 heavy (non-hydrogen) atoms. The van der Waals surface area contributed by atoms with E-state index in [1.54, 1.807) is 0 Å². The van der Waals surface area contributed by atoms with Gasteiger partial charge < -0.3 is 5.32 Å². The Balaban J connectivity index is 2.41. The van der Waals surface area contributed by atoms with Crippen molar-refractivity contribution in [2.75, 3.05) is 6.54 Å². The van der Waals surface area contributed by atoms with E-state index in [2.05, 4.69) is 50.4 Å². The van der Waals surface area contributed by atoms with Crippen LogP contribution in [0.3, 0.4) is 0 Å². The van der Waals surface area contributed by atoms with Crippen molar-refractivity contribution in [3.8, 4) is 0 Å². The van der Waals surface area contributed by atoms with Crippen molar-refractivity contribution in [1.29, 1.82) is 0 Å². The number of fused-ring (bicyclic) bond motifs is 1. The zero-order valence-corrected chi connectivity index (χ0v) is 9.30. The van der Waals surface area contributed by atoms with Crippen molar-refractivity contribution in [3.05, 3.63) is 35.4 Å². The SMILES string of the molecule is CC(C)(C)C1NCCc2ccccc21. The molecule has 1 nitrogen and oxygen atoms in total. The highest BCUT2D eigenvalue weighted by Gasteiger charge is 2.29.